The van der Waals surface area contributed by atoms with Crippen LogP contribution in [0, 0.1) is 25.4 Å². The van der Waals surface area contributed by atoms with Crippen LogP contribution in [0.1, 0.15) is 54.0 Å². The highest BCUT2D eigenvalue weighted by Crippen LogP contribution is 2.37. The fourth-order valence-corrected chi connectivity index (χ4v) is 5.40. The van der Waals surface area contributed by atoms with Crippen LogP contribution in [0.25, 0.3) is 11.2 Å². The topological polar surface area (TPSA) is 124 Å². The molecule has 0 unspecified atom stereocenters. The van der Waals surface area contributed by atoms with E-state index < -0.39 is 42.4 Å². The molecule has 3 aromatic carbocycles. The van der Waals surface area contributed by atoms with E-state index in [1.807, 2.05) is 20.8 Å². The zero-order chi connectivity index (χ0) is 33.2. The molecule has 0 spiro atoms. The fourth-order valence-electron chi connectivity index (χ4n) is 5.21. The SMILES string of the molecule is Cc1ccc(C(=O)OC[C@H]2O[C@@H](n3cnc4c(=S)n(C)cnc43)[C@@H](OC(=O)c3ccc(C)cc3)[C@@H]2OC(=O)c2ccc(C)cc2)cc1. The van der Waals surface area contributed by atoms with E-state index in [-0.39, 0.29) is 12.2 Å². The number of aryl methyl sites for hydroxylation is 4. The van der Waals surface area contributed by atoms with Crippen molar-refractivity contribution >= 4 is 41.3 Å². The second kappa shape index (κ2) is 13.3. The number of nitrogens with zero attached hydrogens (tertiary/aromatic N) is 4. The van der Waals surface area contributed by atoms with Crippen LogP contribution in [0.2, 0.25) is 0 Å². The number of imidazole rings is 1. The number of carbonyl (C=O) groups is 3. The lowest BCUT2D eigenvalue weighted by Crippen LogP contribution is -2.41. The Bertz CT molecular complexity index is 2000. The molecule has 0 amide bonds. The van der Waals surface area contributed by atoms with Gasteiger partial charge >= 0.3 is 17.9 Å². The molecule has 6 rings (SSSR count). The molecule has 0 bridgehead atoms. The summed E-state index contributed by atoms with van der Waals surface area (Å²) in [5, 5.41) is 0. The summed E-state index contributed by atoms with van der Waals surface area (Å²) in [6.45, 7) is 5.41. The average molecular weight is 653 g/mol. The monoisotopic (exact) mass is 652 g/mol. The first-order chi connectivity index (χ1) is 22.6. The van der Waals surface area contributed by atoms with Crippen LogP contribution in [0.3, 0.4) is 0 Å². The number of aromatic nitrogens is 4. The molecule has 1 aliphatic rings. The van der Waals surface area contributed by atoms with Crippen LogP contribution < -0.4 is 0 Å². The molecule has 2 aromatic heterocycles. The maximum absolute atomic E-state index is 13.5. The molecule has 11 nitrogen and oxygen atoms in total. The predicted octanol–water partition coefficient (Wildman–Crippen LogP) is 5.63. The van der Waals surface area contributed by atoms with E-state index in [0.717, 1.165) is 16.7 Å². The van der Waals surface area contributed by atoms with Crippen molar-refractivity contribution in [3.8, 4) is 0 Å². The summed E-state index contributed by atoms with van der Waals surface area (Å²) in [5.74, 6) is -1.92. The molecule has 0 radical (unpaired) electrons. The molecular weight excluding hydrogens is 620 g/mol. The van der Waals surface area contributed by atoms with Gasteiger partial charge in [0, 0.05) is 7.05 Å². The standard InChI is InChI=1S/C35H32N4O7S/c1-20-5-11-23(12-6-20)33(40)43-17-26-28(45-34(41)24-13-7-21(2)8-14-24)29(46-35(42)25-15-9-22(3)10-16-25)31(44-26)39-19-36-27-30(39)37-18-38(4)32(27)47/h5-16,18-19,26,28-29,31H,17H2,1-4H3/t26-,28-,29+,31-/m1/s1. The highest BCUT2D eigenvalue weighted by molar-refractivity contribution is 7.71. The van der Waals surface area contributed by atoms with Crippen molar-refractivity contribution in [2.75, 3.05) is 6.61 Å². The number of hydrogen-bond acceptors (Lipinski definition) is 10. The molecule has 12 heteroatoms. The van der Waals surface area contributed by atoms with Gasteiger partial charge in [0.1, 0.15) is 22.9 Å². The largest absolute Gasteiger partial charge is 0.459 e. The quantitative estimate of drug-likeness (QED) is 0.118. The maximum Gasteiger partial charge on any atom is 0.338 e. The minimum Gasteiger partial charge on any atom is -0.459 e. The van der Waals surface area contributed by atoms with Crippen molar-refractivity contribution in [1.82, 2.24) is 19.1 Å². The van der Waals surface area contributed by atoms with E-state index in [0.29, 0.717) is 26.9 Å². The summed E-state index contributed by atoms with van der Waals surface area (Å²) in [7, 11) is 1.75. The number of carbonyl (C=O) groups excluding carboxylic acids is 3. The third-order valence-corrected chi connectivity index (χ3v) is 8.41. The maximum atomic E-state index is 13.5. The molecule has 5 aromatic rings. The Hall–Kier alpha value is -5.20. The van der Waals surface area contributed by atoms with Crippen LogP contribution in [-0.4, -0.2) is 61.9 Å². The normalized spacial score (nSPS) is 19.0. The Kier molecular flexibility index (Phi) is 8.97. The van der Waals surface area contributed by atoms with Gasteiger partial charge in [-0.1, -0.05) is 65.3 Å². The van der Waals surface area contributed by atoms with Crippen molar-refractivity contribution in [3.63, 3.8) is 0 Å². The van der Waals surface area contributed by atoms with E-state index in [1.165, 1.54) is 6.33 Å². The van der Waals surface area contributed by atoms with Crippen LogP contribution >= 0.6 is 12.2 Å². The van der Waals surface area contributed by atoms with Crippen LogP contribution in [0.5, 0.6) is 0 Å². The molecule has 0 aliphatic carbocycles. The van der Waals surface area contributed by atoms with E-state index in [9.17, 15) is 14.4 Å². The van der Waals surface area contributed by atoms with Crippen LogP contribution in [0.15, 0.2) is 85.5 Å². The first-order valence-corrected chi connectivity index (χ1v) is 15.3. The second-order valence-corrected chi connectivity index (χ2v) is 11.9. The first-order valence-electron chi connectivity index (χ1n) is 14.9. The van der Waals surface area contributed by atoms with Crippen LogP contribution in [0.4, 0.5) is 0 Å². The zero-order valence-corrected chi connectivity index (χ0v) is 27.0. The number of esters is 3. The highest BCUT2D eigenvalue weighted by atomic mass is 32.1. The van der Waals surface area contributed by atoms with E-state index >= 15 is 0 Å². The fraction of sp³-hybridized carbons (Fsp3) is 0.257. The smallest absolute Gasteiger partial charge is 0.338 e. The molecule has 1 fully saturated rings. The summed E-state index contributed by atoms with van der Waals surface area (Å²) < 4.78 is 27.9. The molecule has 0 saturated carbocycles. The number of benzene rings is 3. The van der Waals surface area contributed by atoms with Gasteiger partial charge in [-0.05, 0) is 57.2 Å². The summed E-state index contributed by atoms with van der Waals surface area (Å²) in [6.07, 6.45) is -1.51. The average Bonchev–Trinajstić information content (AvgIpc) is 3.64. The van der Waals surface area contributed by atoms with Crippen molar-refractivity contribution in [2.45, 2.75) is 45.3 Å². The summed E-state index contributed by atoms with van der Waals surface area (Å²) in [5.41, 5.74) is 4.64. The number of rotatable bonds is 8. The van der Waals surface area contributed by atoms with Gasteiger partial charge in [-0.15, -0.1) is 0 Å². The van der Waals surface area contributed by atoms with E-state index in [2.05, 4.69) is 9.97 Å². The Morgan fingerprint density at radius 2 is 1.21 bits per heavy atom. The first kappa shape index (κ1) is 31.8. The molecule has 0 N–H and O–H groups in total. The van der Waals surface area contributed by atoms with Gasteiger partial charge in [0.2, 0.25) is 0 Å². The van der Waals surface area contributed by atoms with Crippen molar-refractivity contribution in [3.05, 3.63) is 123 Å². The zero-order valence-electron chi connectivity index (χ0n) is 26.2. The Morgan fingerprint density at radius 3 is 1.74 bits per heavy atom. The lowest BCUT2D eigenvalue weighted by Gasteiger charge is -2.25. The third-order valence-electron chi connectivity index (χ3n) is 7.93. The van der Waals surface area contributed by atoms with Crippen molar-refractivity contribution < 1.29 is 33.3 Å². The molecule has 1 aliphatic heterocycles. The Balaban J connectivity index is 1.38. The second-order valence-electron chi connectivity index (χ2n) is 11.5. The van der Waals surface area contributed by atoms with Gasteiger partial charge in [-0.25, -0.2) is 24.4 Å². The van der Waals surface area contributed by atoms with E-state index in [4.69, 9.17) is 31.2 Å². The van der Waals surface area contributed by atoms with Gasteiger partial charge in [0.15, 0.2) is 24.1 Å². The minimum atomic E-state index is -1.21. The lowest BCUT2D eigenvalue weighted by atomic mass is 10.1. The van der Waals surface area contributed by atoms with Crippen LogP contribution in [-0.2, 0) is 26.0 Å². The summed E-state index contributed by atoms with van der Waals surface area (Å²) >= 11 is 5.54. The predicted molar refractivity (Wildman–Crippen MR) is 173 cm³/mol. The molecule has 3 heterocycles. The molecular formula is C35H32N4O7S. The van der Waals surface area contributed by atoms with Gasteiger partial charge < -0.3 is 23.5 Å². The Labute approximate surface area is 275 Å². The van der Waals surface area contributed by atoms with Gasteiger partial charge in [0.05, 0.1) is 29.3 Å². The van der Waals surface area contributed by atoms with E-state index in [1.54, 1.807) is 95.3 Å². The molecule has 240 valence electrons. The third kappa shape index (κ3) is 6.69. The number of ether oxygens (including phenoxy) is 4. The van der Waals surface area contributed by atoms with Crippen molar-refractivity contribution in [2.24, 2.45) is 7.05 Å². The minimum absolute atomic E-state index is 0.288. The summed E-state index contributed by atoms with van der Waals surface area (Å²) in [6, 6.07) is 20.7. The summed E-state index contributed by atoms with van der Waals surface area (Å²) in [4.78, 5) is 49.0. The number of fused-ring (bicyclic) bond motifs is 1. The molecule has 4 atom stereocenters. The lowest BCUT2D eigenvalue weighted by molar-refractivity contribution is -0.0606. The molecule has 1 saturated heterocycles. The number of hydrogen-bond donors (Lipinski definition) is 0. The van der Waals surface area contributed by atoms with Gasteiger partial charge in [-0.2, -0.15) is 0 Å². The molecule has 47 heavy (non-hydrogen) atoms. The van der Waals surface area contributed by atoms with Gasteiger partial charge in [-0.3, -0.25) is 4.57 Å². The highest BCUT2D eigenvalue weighted by Gasteiger charge is 2.52. The van der Waals surface area contributed by atoms with Crippen molar-refractivity contribution in [1.29, 1.82) is 0 Å². The Morgan fingerprint density at radius 1 is 0.723 bits per heavy atom. The van der Waals surface area contributed by atoms with Gasteiger partial charge in [0.25, 0.3) is 0 Å².